The second-order valence-electron chi connectivity index (χ2n) is 6.82. The second-order valence-corrected chi connectivity index (χ2v) is 7.26. The first kappa shape index (κ1) is 19.2. The van der Waals surface area contributed by atoms with E-state index in [-0.39, 0.29) is 18.1 Å². The minimum atomic E-state index is 0.0287. The molecule has 1 aliphatic rings. The fourth-order valence-electron chi connectivity index (χ4n) is 3.25. The van der Waals surface area contributed by atoms with E-state index in [1.54, 1.807) is 18.2 Å². The van der Waals surface area contributed by atoms with Crippen molar-refractivity contribution in [2.45, 2.75) is 32.6 Å². The number of benzene rings is 2. The molecule has 2 unspecified atom stereocenters. The minimum absolute atomic E-state index is 0.0287. The molecule has 0 radical (unpaired) electrons. The van der Waals surface area contributed by atoms with Gasteiger partial charge in [0.25, 0.3) is 5.91 Å². The number of nitrogens with zero attached hydrogens (tertiary/aromatic N) is 2. The fourth-order valence-corrected chi connectivity index (χ4v) is 3.42. The van der Waals surface area contributed by atoms with Crippen LogP contribution in [0.3, 0.4) is 0 Å². The number of hydrogen-bond acceptors (Lipinski definition) is 4. The van der Waals surface area contributed by atoms with Gasteiger partial charge in [0, 0.05) is 30.2 Å². The maximum absolute atomic E-state index is 12.7. The number of rotatable bonds is 4. The van der Waals surface area contributed by atoms with E-state index in [2.05, 4.69) is 11.4 Å². The number of amides is 1. The van der Waals surface area contributed by atoms with Crippen molar-refractivity contribution < 1.29 is 9.53 Å². The topological polar surface area (TPSA) is 65.4 Å². The maximum atomic E-state index is 12.7. The minimum Gasteiger partial charge on any atom is -0.380 e. The third-order valence-electron chi connectivity index (χ3n) is 4.49. The third-order valence-corrected chi connectivity index (χ3v) is 4.73. The van der Waals surface area contributed by atoms with Gasteiger partial charge in [-0.2, -0.15) is 5.26 Å². The number of carbonyl (C=O) groups excluding carboxylic acids is 1. The number of anilines is 1. The molecule has 2 aromatic carbocycles. The summed E-state index contributed by atoms with van der Waals surface area (Å²) in [7, 11) is 0. The zero-order chi connectivity index (χ0) is 19.4. The summed E-state index contributed by atoms with van der Waals surface area (Å²) < 4.78 is 5.69. The van der Waals surface area contributed by atoms with Gasteiger partial charge in [-0.15, -0.1) is 0 Å². The van der Waals surface area contributed by atoms with Gasteiger partial charge in [0.1, 0.15) is 6.07 Å². The highest BCUT2D eigenvalue weighted by Gasteiger charge is 2.26. The molecule has 3 rings (SSSR count). The molecule has 1 heterocycles. The summed E-state index contributed by atoms with van der Waals surface area (Å²) in [6.07, 6.45) is 0.102. The lowest BCUT2D eigenvalue weighted by atomic mass is 10.1. The summed E-state index contributed by atoms with van der Waals surface area (Å²) in [4.78, 5) is 14.5. The standard InChI is InChI=1S/C21H22ClN3O2/c1-14-12-25(13-15(2)27-14)21(26)17-5-3-16(4-6-17)11-24-20-8-7-19(22)9-18(20)10-23/h3-9,14-15,24H,11-13H2,1-2H3. The van der Waals surface area contributed by atoms with Crippen molar-refractivity contribution in [3.63, 3.8) is 0 Å². The monoisotopic (exact) mass is 383 g/mol. The molecule has 0 aromatic heterocycles. The molecule has 2 aromatic rings. The molecule has 140 valence electrons. The van der Waals surface area contributed by atoms with Gasteiger partial charge in [-0.1, -0.05) is 23.7 Å². The number of carbonyl (C=O) groups is 1. The van der Waals surface area contributed by atoms with E-state index >= 15 is 0 Å². The normalized spacial score (nSPS) is 19.4. The maximum Gasteiger partial charge on any atom is 0.254 e. The van der Waals surface area contributed by atoms with E-state index < -0.39 is 0 Å². The SMILES string of the molecule is CC1CN(C(=O)c2ccc(CNc3ccc(Cl)cc3C#N)cc2)CC(C)O1. The van der Waals surface area contributed by atoms with Gasteiger partial charge in [0.2, 0.25) is 0 Å². The zero-order valence-electron chi connectivity index (χ0n) is 15.4. The van der Waals surface area contributed by atoms with Crippen LogP contribution in [0.2, 0.25) is 5.02 Å². The lowest BCUT2D eigenvalue weighted by Crippen LogP contribution is -2.48. The number of halogens is 1. The van der Waals surface area contributed by atoms with Crippen molar-refractivity contribution in [3.8, 4) is 6.07 Å². The van der Waals surface area contributed by atoms with Crippen molar-refractivity contribution in [2.24, 2.45) is 0 Å². The van der Waals surface area contributed by atoms with Crippen molar-refractivity contribution in [1.29, 1.82) is 5.26 Å². The Kier molecular flexibility index (Phi) is 6.00. The summed E-state index contributed by atoms with van der Waals surface area (Å²) in [5.74, 6) is 0.0287. The molecular weight excluding hydrogens is 362 g/mol. The lowest BCUT2D eigenvalue weighted by molar-refractivity contribution is -0.0586. The highest BCUT2D eigenvalue weighted by Crippen LogP contribution is 2.21. The fraction of sp³-hybridized carbons (Fsp3) is 0.333. The smallest absolute Gasteiger partial charge is 0.254 e. The Hall–Kier alpha value is -2.55. The van der Waals surface area contributed by atoms with Gasteiger partial charge in [-0.05, 0) is 49.7 Å². The molecule has 1 saturated heterocycles. The Balaban J connectivity index is 1.64. The van der Waals surface area contributed by atoms with Crippen LogP contribution in [0.25, 0.3) is 0 Å². The molecule has 0 bridgehead atoms. The van der Waals surface area contributed by atoms with Crippen molar-refractivity contribution in [3.05, 3.63) is 64.2 Å². The van der Waals surface area contributed by atoms with E-state index in [0.717, 1.165) is 11.3 Å². The quantitative estimate of drug-likeness (QED) is 0.864. The molecule has 6 heteroatoms. The largest absolute Gasteiger partial charge is 0.380 e. The second kappa shape index (κ2) is 8.43. The first-order chi connectivity index (χ1) is 13.0. The van der Waals surface area contributed by atoms with Gasteiger partial charge in [0.15, 0.2) is 0 Å². The zero-order valence-corrected chi connectivity index (χ0v) is 16.2. The van der Waals surface area contributed by atoms with Crippen LogP contribution in [0.5, 0.6) is 0 Å². The molecule has 0 aliphatic carbocycles. The van der Waals surface area contributed by atoms with Crippen molar-refractivity contribution in [1.82, 2.24) is 4.90 Å². The van der Waals surface area contributed by atoms with Crippen molar-refractivity contribution in [2.75, 3.05) is 18.4 Å². The average Bonchev–Trinajstić information content (AvgIpc) is 2.66. The summed E-state index contributed by atoms with van der Waals surface area (Å²) in [5.41, 5.74) is 2.93. The van der Waals surface area contributed by atoms with Crippen LogP contribution < -0.4 is 5.32 Å². The highest BCUT2D eigenvalue weighted by molar-refractivity contribution is 6.30. The summed E-state index contributed by atoms with van der Waals surface area (Å²) in [5, 5.41) is 13.0. The molecule has 2 atom stereocenters. The van der Waals surface area contributed by atoms with Crippen LogP contribution in [-0.2, 0) is 11.3 Å². The van der Waals surface area contributed by atoms with Crippen LogP contribution in [0, 0.1) is 11.3 Å². The molecule has 27 heavy (non-hydrogen) atoms. The van der Waals surface area contributed by atoms with E-state index in [1.807, 2.05) is 43.0 Å². The predicted molar refractivity (Wildman–Crippen MR) is 106 cm³/mol. The number of nitrogens with one attached hydrogen (secondary N) is 1. The van der Waals surface area contributed by atoms with Crippen LogP contribution in [0.1, 0.15) is 35.3 Å². The number of morpholine rings is 1. The lowest BCUT2D eigenvalue weighted by Gasteiger charge is -2.35. The summed E-state index contributed by atoms with van der Waals surface area (Å²) >= 11 is 5.92. The van der Waals surface area contributed by atoms with E-state index in [1.165, 1.54) is 0 Å². The molecule has 1 amide bonds. The molecule has 5 nitrogen and oxygen atoms in total. The Morgan fingerprint density at radius 3 is 2.52 bits per heavy atom. The molecule has 1 fully saturated rings. The third kappa shape index (κ3) is 4.79. The van der Waals surface area contributed by atoms with E-state index in [0.29, 0.717) is 35.8 Å². The number of nitriles is 1. The van der Waals surface area contributed by atoms with Crippen LogP contribution in [-0.4, -0.2) is 36.1 Å². The summed E-state index contributed by atoms with van der Waals surface area (Å²) in [6, 6.07) is 14.8. The van der Waals surface area contributed by atoms with E-state index in [4.69, 9.17) is 16.3 Å². The number of hydrogen-bond donors (Lipinski definition) is 1. The Morgan fingerprint density at radius 2 is 1.89 bits per heavy atom. The Bertz CT molecular complexity index is 851. The Morgan fingerprint density at radius 1 is 1.22 bits per heavy atom. The van der Waals surface area contributed by atoms with E-state index in [9.17, 15) is 10.1 Å². The highest BCUT2D eigenvalue weighted by atomic mass is 35.5. The first-order valence-electron chi connectivity index (χ1n) is 8.93. The van der Waals surface area contributed by atoms with Crippen LogP contribution >= 0.6 is 11.6 Å². The van der Waals surface area contributed by atoms with Crippen LogP contribution in [0.15, 0.2) is 42.5 Å². The first-order valence-corrected chi connectivity index (χ1v) is 9.31. The molecule has 1 aliphatic heterocycles. The Labute approximate surface area is 164 Å². The summed E-state index contributed by atoms with van der Waals surface area (Å²) in [6.45, 7) is 5.74. The number of ether oxygens (including phenoxy) is 1. The molecular formula is C21H22ClN3O2. The van der Waals surface area contributed by atoms with Gasteiger partial charge in [-0.25, -0.2) is 0 Å². The molecule has 0 spiro atoms. The van der Waals surface area contributed by atoms with Gasteiger partial charge < -0.3 is 15.0 Å². The molecule has 1 N–H and O–H groups in total. The van der Waals surface area contributed by atoms with Gasteiger partial charge in [0.05, 0.1) is 23.5 Å². The van der Waals surface area contributed by atoms with Gasteiger partial charge in [-0.3, -0.25) is 4.79 Å². The van der Waals surface area contributed by atoms with Crippen molar-refractivity contribution >= 4 is 23.2 Å². The van der Waals surface area contributed by atoms with Crippen LogP contribution in [0.4, 0.5) is 5.69 Å². The van der Waals surface area contributed by atoms with Gasteiger partial charge >= 0.3 is 0 Å². The predicted octanol–water partition coefficient (Wildman–Crippen LogP) is 4.07. The average molecular weight is 384 g/mol. The molecule has 0 saturated carbocycles.